The number of rotatable bonds is 6. The van der Waals surface area contributed by atoms with Crippen LogP contribution >= 0.6 is 27.5 Å². The quantitative estimate of drug-likeness (QED) is 0.370. The first kappa shape index (κ1) is 20.4. The zero-order chi connectivity index (χ0) is 20.1. The van der Waals surface area contributed by atoms with E-state index in [1.54, 1.807) is 13.3 Å². The molecule has 0 bridgehead atoms. The molecule has 0 aliphatic rings. The molecule has 0 aromatic heterocycles. The van der Waals surface area contributed by atoms with E-state index in [1.807, 2.05) is 37.3 Å². The van der Waals surface area contributed by atoms with Crippen LogP contribution in [0.1, 0.15) is 22.3 Å². The largest absolute Gasteiger partial charge is 0.493 e. The van der Waals surface area contributed by atoms with Crippen molar-refractivity contribution in [1.29, 1.82) is 0 Å². The van der Waals surface area contributed by atoms with Gasteiger partial charge in [0, 0.05) is 11.2 Å². The van der Waals surface area contributed by atoms with Gasteiger partial charge in [-0.25, -0.2) is 0 Å². The molecule has 0 N–H and O–H groups in total. The molecule has 0 heterocycles. The van der Waals surface area contributed by atoms with Crippen LogP contribution in [0.4, 0.5) is 5.69 Å². The van der Waals surface area contributed by atoms with Crippen LogP contribution in [0, 0.1) is 13.8 Å². The minimum Gasteiger partial charge on any atom is -0.493 e. The third-order valence-electron chi connectivity index (χ3n) is 4.27. The second-order valence-corrected chi connectivity index (χ2v) is 7.76. The van der Waals surface area contributed by atoms with Crippen molar-refractivity contribution in [1.82, 2.24) is 0 Å². The Kier molecular flexibility index (Phi) is 6.76. The summed E-state index contributed by atoms with van der Waals surface area (Å²) < 4.78 is 12.3. The first-order valence-corrected chi connectivity index (χ1v) is 9.99. The Labute approximate surface area is 179 Å². The smallest absolute Gasteiger partial charge is 0.175 e. The highest BCUT2D eigenvalue weighted by atomic mass is 79.9. The van der Waals surface area contributed by atoms with Crippen LogP contribution in [0.25, 0.3) is 0 Å². The van der Waals surface area contributed by atoms with Gasteiger partial charge in [0.2, 0.25) is 0 Å². The van der Waals surface area contributed by atoms with Gasteiger partial charge in [-0.15, -0.1) is 0 Å². The Hall–Kier alpha value is -2.30. The molecule has 3 rings (SSSR count). The molecule has 0 spiro atoms. The van der Waals surface area contributed by atoms with Crippen molar-refractivity contribution >= 4 is 39.4 Å². The number of hydrogen-bond donors (Lipinski definition) is 0. The topological polar surface area (TPSA) is 30.8 Å². The second kappa shape index (κ2) is 9.26. The summed E-state index contributed by atoms with van der Waals surface area (Å²) in [6, 6.07) is 17.8. The monoisotopic (exact) mass is 457 g/mol. The maximum atomic E-state index is 6.17. The Bertz CT molecular complexity index is 1000. The third kappa shape index (κ3) is 5.15. The van der Waals surface area contributed by atoms with Crippen LogP contribution in [0.3, 0.4) is 0 Å². The number of nitrogens with zero attached hydrogens (tertiary/aromatic N) is 1. The molecule has 0 aliphatic heterocycles. The van der Waals surface area contributed by atoms with Crippen LogP contribution < -0.4 is 9.47 Å². The maximum Gasteiger partial charge on any atom is 0.175 e. The van der Waals surface area contributed by atoms with E-state index in [4.69, 9.17) is 21.1 Å². The van der Waals surface area contributed by atoms with Gasteiger partial charge < -0.3 is 9.47 Å². The van der Waals surface area contributed by atoms with E-state index >= 15 is 0 Å². The fraction of sp³-hybridized carbons (Fsp3) is 0.174. The van der Waals surface area contributed by atoms with E-state index in [1.165, 1.54) is 5.56 Å². The summed E-state index contributed by atoms with van der Waals surface area (Å²) in [6.07, 6.45) is 1.78. The van der Waals surface area contributed by atoms with Crippen molar-refractivity contribution in [2.24, 2.45) is 4.99 Å². The van der Waals surface area contributed by atoms with Crippen molar-refractivity contribution in [3.63, 3.8) is 0 Å². The molecule has 28 heavy (non-hydrogen) atoms. The molecule has 0 saturated carbocycles. The summed E-state index contributed by atoms with van der Waals surface area (Å²) >= 11 is 9.75. The zero-order valence-electron chi connectivity index (χ0n) is 16.0. The molecule has 0 radical (unpaired) electrons. The molecule has 0 aliphatic carbocycles. The molecule has 0 amide bonds. The number of ether oxygens (including phenoxy) is 2. The SMILES string of the molecule is COc1cc(C=Nc2ccc(C)c(Cl)c2)cc(Br)c1OCc1ccc(C)cc1. The van der Waals surface area contributed by atoms with Gasteiger partial charge in [0.25, 0.3) is 0 Å². The summed E-state index contributed by atoms with van der Waals surface area (Å²) in [6.45, 7) is 4.49. The number of aryl methyl sites for hydroxylation is 2. The van der Waals surface area contributed by atoms with Crippen LogP contribution in [0.15, 0.2) is 64.1 Å². The van der Waals surface area contributed by atoms with Crippen molar-refractivity contribution in [3.8, 4) is 11.5 Å². The van der Waals surface area contributed by atoms with Crippen molar-refractivity contribution < 1.29 is 9.47 Å². The highest BCUT2D eigenvalue weighted by molar-refractivity contribution is 9.10. The molecule has 3 aromatic rings. The molecular weight excluding hydrogens is 438 g/mol. The Balaban J connectivity index is 1.79. The first-order chi connectivity index (χ1) is 13.5. The summed E-state index contributed by atoms with van der Waals surface area (Å²) in [4.78, 5) is 4.50. The van der Waals surface area contributed by atoms with E-state index in [9.17, 15) is 0 Å². The molecular formula is C23H21BrClNO2. The highest BCUT2D eigenvalue weighted by Crippen LogP contribution is 2.37. The zero-order valence-corrected chi connectivity index (χ0v) is 18.3. The van der Waals surface area contributed by atoms with Crippen molar-refractivity contribution in [2.75, 3.05) is 7.11 Å². The molecule has 3 nitrogen and oxygen atoms in total. The van der Waals surface area contributed by atoms with E-state index in [-0.39, 0.29) is 0 Å². The van der Waals surface area contributed by atoms with Crippen LogP contribution in [0.5, 0.6) is 11.5 Å². The predicted octanol–water partition coefficient (Wildman–Crippen LogP) is 7.06. The number of aliphatic imine (C=N–C) groups is 1. The lowest BCUT2D eigenvalue weighted by Gasteiger charge is -2.13. The summed E-state index contributed by atoms with van der Waals surface area (Å²) in [7, 11) is 1.63. The molecule has 0 atom stereocenters. The first-order valence-electron chi connectivity index (χ1n) is 8.82. The Morgan fingerprint density at radius 1 is 1.04 bits per heavy atom. The number of halogens is 2. The van der Waals surface area contributed by atoms with E-state index in [2.05, 4.69) is 52.1 Å². The van der Waals surface area contributed by atoms with Crippen LogP contribution in [-0.4, -0.2) is 13.3 Å². The van der Waals surface area contributed by atoms with E-state index in [0.717, 1.165) is 26.9 Å². The van der Waals surface area contributed by atoms with Crippen molar-refractivity contribution in [3.05, 3.63) is 86.3 Å². The molecule has 5 heteroatoms. The standard InChI is InChI=1S/C23H21BrClNO2/c1-15-4-7-17(8-5-15)14-28-23-20(24)10-18(11-22(23)27-3)13-26-19-9-6-16(2)21(25)12-19/h4-13H,14H2,1-3H3. The van der Waals surface area contributed by atoms with Gasteiger partial charge in [-0.1, -0.05) is 47.5 Å². The second-order valence-electron chi connectivity index (χ2n) is 6.50. The summed E-state index contributed by atoms with van der Waals surface area (Å²) in [5.41, 5.74) is 5.04. The lowest BCUT2D eigenvalue weighted by molar-refractivity contribution is 0.282. The molecule has 0 unspecified atom stereocenters. The summed E-state index contributed by atoms with van der Waals surface area (Å²) in [5, 5.41) is 0.702. The van der Waals surface area contributed by atoms with Crippen LogP contribution in [0.2, 0.25) is 5.02 Å². The lowest BCUT2D eigenvalue weighted by Crippen LogP contribution is -1.99. The van der Waals surface area contributed by atoms with E-state index in [0.29, 0.717) is 23.1 Å². The van der Waals surface area contributed by atoms with Gasteiger partial charge in [-0.05, 0) is 70.7 Å². The fourth-order valence-corrected chi connectivity index (χ4v) is 3.35. The van der Waals surface area contributed by atoms with Crippen molar-refractivity contribution in [2.45, 2.75) is 20.5 Å². The van der Waals surface area contributed by atoms with Gasteiger partial charge >= 0.3 is 0 Å². The summed E-state index contributed by atoms with van der Waals surface area (Å²) in [5.74, 6) is 1.31. The van der Waals surface area contributed by atoms with Gasteiger partial charge in [-0.2, -0.15) is 0 Å². The van der Waals surface area contributed by atoms with Crippen LogP contribution in [-0.2, 0) is 6.61 Å². The van der Waals surface area contributed by atoms with Gasteiger partial charge in [0.15, 0.2) is 11.5 Å². The van der Waals surface area contributed by atoms with E-state index < -0.39 is 0 Å². The van der Waals surface area contributed by atoms with Gasteiger partial charge in [0.1, 0.15) is 6.61 Å². The molecule has 0 saturated heterocycles. The molecule has 3 aromatic carbocycles. The molecule has 144 valence electrons. The average Bonchev–Trinajstić information content (AvgIpc) is 2.69. The van der Waals surface area contributed by atoms with Gasteiger partial charge in [0.05, 0.1) is 17.3 Å². The lowest BCUT2D eigenvalue weighted by atomic mass is 10.1. The number of methoxy groups -OCH3 is 1. The third-order valence-corrected chi connectivity index (χ3v) is 5.27. The highest BCUT2D eigenvalue weighted by Gasteiger charge is 2.11. The minimum absolute atomic E-state index is 0.463. The normalized spacial score (nSPS) is 11.0. The maximum absolute atomic E-state index is 6.17. The number of hydrogen-bond acceptors (Lipinski definition) is 3. The van der Waals surface area contributed by atoms with Gasteiger partial charge in [-0.3, -0.25) is 4.99 Å². The Morgan fingerprint density at radius 2 is 1.79 bits per heavy atom. The minimum atomic E-state index is 0.463. The molecule has 0 fully saturated rings. The predicted molar refractivity (Wildman–Crippen MR) is 120 cm³/mol. The Morgan fingerprint density at radius 3 is 2.46 bits per heavy atom. The fourth-order valence-electron chi connectivity index (χ4n) is 2.61. The number of benzene rings is 3. The average molecular weight is 459 g/mol.